The van der Waals surface area contributed by atoms with Crippen LogP contribution in [0.25, 0.3) is 0 Å². The van der Waals surface area contributed by atoms with Gasteiger partial charge < -0.3 is 9.80 Å². The maximum absolute atomic E-state index is 13.9. The molecule has 19 heavy (non-hydrogen) atoms. The quantitative estimate of drug-likeness (QED) is 0.616. The molecule has 1 aliphatic rings. The van der Waals surface area contributed by atoms with Gasteiger partial charge in [0.1, 0.15) is 5.82 Å². The Morgan fingerprint density at radius 2 is 1.74 bits per heavy atom. The molecule has 1 fully saturated rings. The lowest BCUT2D eigenvalue weighted by molar-refractivity contribution is 0.474. The van der Waals surface area contributed by atoms with E-state index < -0.39 is 0 Å². The van der Waals surface area contributed by atoms with Crippen molar-refractivity contribution in [3.8, 4) is 0 Å². The van der Waals surface area contributed by atoms with E-state index in [2.05, 4.69) is 4.99 Å². The molecule has 0 aromatic heterocycles. The molecular formula is C15H22FN3. The van der Waals surface area contributed by atoms with Crippen molar-refractivity contribution >= 4 is 5.96 Å². The summed E-state index contributed by atoms with van der Waals surface area (Å²) in [5.74, 6) is 0.814. The first kappa shape index (κ1) is 13.8. The summed E-state index contributed by atoms with van der Waals surface area (Å²) in [4.78, 5) is 8.64. The minimum atomic E-state index is -0.105. The van der Waals surface area contributed by atoms with Crippen LogP contribution < -0.4 is 0 Å². The molecule has 1 aromatic rings. The largest absolute Gasteiger partial charge is 0.349 e. The van der Waals surface area contributed by atoms with E-state index in [9.17, 15) is 4.39 Å². The van der Waals surface area contributed by atoms with Crippen molar-refractivity contribution in [1.82, 2.24) is 9.80 Å². The molecule has 0 heterocycles. The van der Waals surface area contributed by atoms with Crippen LogP contribution in [0.5, 0.6) is 0 Å². The standard InChI is InChI=1S/C15H22FN3/c1-18(2)14(19(3)4)17-11-15(9-10-15)12-7-5-6-8-13(12)16/h5-8H,9-11H2,1-4H3. The third kappa shape index (κ3) is 2.88. The Morgan fingerprint density at radius 1 is 1.16 bits per heavy atom. The van der Waals surface area contributed by atoms with Gasteiger partial charge in [-0.1, -0.05) is 18.2 Å². The summed E-state index contributed by atoms with van der Waals surface area (Å²) in [6.07, 6.45) is 2.04. The highest BCUT2D eigenvalue weighted by atomic mass is 19.1. The van der Waals surface area contributed by atoms with Crippen molar-refractivity contribution in [2.45, 2.75) is 18.3 Å². The van der Waals surface area contributed by atoms with E-state index >= 15 is 0 Å². The molecule has 0 bridgehead atoms. The molecule has 1 aromatic carbocycles. The molecule has 0 spiro atoms. The highest BCUT2D eigenvalue weighted by molar-refractivity contribution is 5.79. The Kier molecular flexibility index (Phi) is 3.78. The first-order chi connectivity index (χ1) is 8.96. The fourth-order valence-electron chi connectivity index (χ4n) is 2.46. The average Bonchev–Trinajstić information content (AvgIpc) is 3.10. The molecule has 0 aliphatic heterocycles. The van der Waals surface area contributed by atoms with Gasteiger partial charge in [0.15, 0.2) is 5.96 Å². The number of guanidine groups is 1. The third-order valence-corrected chi connectivity index (χ3v) is 3.62. The summed E-state index contributed by atoms with van der Waals surface area (Å²) in [5, 5.41) is 0. The van der Waals surface area contributed by atoms with Gasteiger partial charge in [-0.2, -0.15) is 0 Å². The highest BCUT2D eigenvalue weighted by Crippen LogP contribution is 2.49. The van der Waals surface area contributed by atoms with Crippen molar-refractivity contribution in [1.29, 1.82) is 0 Å². The molecular weight excluding hydrogens is 241 g/mol. The van der Waals surface area contributed by atoms with E-state index in [1.54, 1.807) is 6.07 Å². The molecule has 2 rings (SSSR count). The van der Waals surface area contributed by atoms with Gasteiger partial charge in [0.2, 0.25) is 0 Å². The van der Waals surface area contributed by atoms with E-state index in [0.29, 0.717) is 6.54 Å². The van der Waals surface area contributed by atoms with Crippen molar-refractivity contribution in [3.05, 3.63) is 35.6 Å². The van der Waals surface area contributed by atoms with Gasteiger partial charge in [-0.15, -0.1) is 0 Å². The zero-order valence-electron chi connectivity index (χ0n) is 12.2. The topological polar surface area (TPSA) is 18.8 Å². The number of rotatable bonds is 3. The second-order valence-electron chi connectivity index (χ2n) is 5.67. The van der Waals surface area contributed by atoms with Crippen LogP contribution in [0.2, 0.25) is 0 Å². The molecule has 0 amide bonds. The first-order valence-electron chi connectivity index (χ1n) is 6.60. The molecule has 0 saturated heterocycles. The summed E-state index contributed by atoms with van der Waals surface area (Å²) >= 11 is 0. The summed E-state index contributed by atoms with van der Waals surface area (Å²) in [5.41, 5.74) is 0.735. The van der Waals surface area contributed by atoms with Crippen LogP contribution in [-0.4, -0.2) is 50.5 Å². The molecule has 1 aliphatic carbocycles. The lowest BCUT2D eigenvalue weighted by Crippen LogP contribution is -2.36. The van der Waals surface area contributed by atoms with Gasteiger partial charge in [0.25, 0.3) is 0 Å². The second kappa shape index (κ2) is 5.19. The van der Waals surface area contributed by atoms with Gasteiger partial charge >= 0.3 is 0 Å². The second-order valence-corrected chi connectivity index (χ2v) is 5.67. The minimum absolute atomic E-state index is 0.0807. The SMILES string of the molecule is CN(C)C(=NCC1(c2ccccc2F)CC1)N(C)C. The van der Waals surface area contributed by atoms with Gasteiger partial charge in [-0.05, 0) is 24.5 Å². The molecule has 0 radical (unpaired) electrons. The number of hydrogen-bond donors (Lipinski definition) is 0. The normalized spacial score (nSPS) is 15.8. The summed E-state index contributed by atoms with van der Waals surface area (Å²) in [6, 6.07) is 7.07. The molecule has 1 saturated carbocycles. The number of aliphatic imine (C=N–C) groups is 1. The summed E-state index contributed by atoms with van der Waals surface area (Å²) < 4.78 is 13.9. The summed E-state index contributed by atoms with van der Waals surface area (Å²) in [7, 11) is 7.89. The highest BCUT2D eigenvalue weighted by Gasteiger charge is 2.45. The van der Waals surface area contributed by atoms with Crippen LogP contribution in [-0.2, 0) is 5.41 Å². The van der Waals surface area contributed by atoms with Gasteiger partial charge in [0.05, 0.1) is 6.54 Å². The predicted molar refractivity (Wildman–Crippen MR) is 77.0 cm³/mol. The van der Waals surface area contributed by atoms with E-state index in [1.165, 1.54) is 6.07 Å². The lowest BCUT2D eigenvalue weighted by atomic mass is 9.95. The van der Waals surface area contributed by atoms with Crippen LogP contribution in [0.15, 0.2) is 29.3 Å². The Morgan fingerprint density at radius 3 is 2.21 bits per heavy atom. The van der Waals surface area contributed by atoms with Crippen LogP contribution in [0.1, 0.15) is 18.4 Å². The number of benzene rings is 1. The third-order valence-electron chi connectivity index (χ3n) is 3.62. The van der Waals surface area contributed by atoms with Crippen molar-refractivity contribution in [2.75, 3.05) is 34.7 Å². The fraction of sp³-hybridized carbons (Fsp3) is 0.533. The van der Waals surface area contributed by atoms with Crippen LogP contribution >= 0.6 is 0 Å². The molecule has 0 unspecified atom stereocenters. The van der Waals surface area contributed by atoms with Crippen molar-refractivity contribution < 1.29 is 4.39 Å². The maximum Gasteiger partial charge on any atom is 0.195 e. The van der Waals surface area contributed by atoms with Crippen LogP contribution in [0.3, 0.4) is 0 Å². The van der Waals surface area contributed by atoms with Crippen LogP contribution in [0.4, 0.5) is 4.39 Å². The van der Waals surface area contributed by atoms with Gasteiger partial charge in [-0.3, -0.25) is 4.99 Å². The fourth-order valence-corrected chi connectivity index (χ4v) is 2.46. The first-order valence-corrected chi connectivity index (χ1v) is 6.60. The average molecular weight is 263 g/mol. The molecule has 4 heteroatoms. The zero-order chi connectivity index (χ0) is 14.0. The monoisotopic (exact) mass is 263 g/mol. The number of nitrogens with zero attached hydrogens (tertiary/aromatic N) is 3. The molecule has 0 N–H and O–H groups in total. The molecule has 3 nitrogen and oxygen atoms in total. The Hall–Kier alpha value is -1.58. The minimum Gasteiger partial charge on any atom is -0.349 e. The van der Waals surface area contributed by atoms with Crippen LogP contribution in [0, 0.1) is 5.82 Å². The van der Waals surface area contributed by atoms with Gasteiger partial charge in [-0.25, -0.2) is 4.39 Å². The number of hydrogen-bond acceptors (Lipinski definition) is 1. The van der Waals surface area contributed by atoms with E-state index in [0.717, 1.165) is 24.4 Å². The predicted octanol–water partition coefficient (Wildman–Crippen LogP) is 2.34. The zero-order valence-corrected chi connectivity index (χ0v) is 12.2. The van der Waals surface area contributed by atoms with Crippen molar-refractivity contribution in [2.24, 2.45) is 4.99 Å². The summed E-state index contributed by atoms with van der Waals surface area (Å²) in [6.45, 7) is 0.652. The smallest absolute Gasteiger partial charge is 0.195 e. The lowest BCUT2D eigenvalue weighted by Gasteiger charge is -2.24. The van der Waals surface area contributed by atoms with E-state index in [4.69, 9.17) is 0 Å². The maximum atomic E-state index is 13.9. The number of halogens is 1. The van der Waals surface area contributed by atoms with Crippen molar-refractivity contribution in [3.63, 3.8) is 0 Å². The Labute approximate surface area is 114 Å². The van der Waals surface area contributed by atoms with Gasteiger partial charge in [0, 0.05) is 33.6 Å². The van der Waals surface area contributed by atoms with E-state index in [1.807, 2.05) is 50.1 Å². The van der Waals surface area contributed by atoms with E-state index in [-0.39, 0.29) is 11.2 Å². The molecule has 0 atom stereocenters. The Bertz CT molecular complexity index is 466. The molecule has 104 valence electrons. The Balaban J connectivity index is 2.19.